The number of rotatable bonds is 1. The minimum Gasteiger partial charge on any atom is -0.385 e. The maximum Gasteiger partial charge on any atom is 0.0960 e. The van der Waals surface area contributed by atoms with E-state index in [0.717, 1.165) is 10.0 Å². The maximum atomic E-state index is 10.8. The lowest BCUT2D eigenvalue weighted by Gasteiger charge is -2.12. The highest BCUT2D eigenvalue weighted by atomic mass is 79.9. The number of hydrogen-bond donors (Lipinski definition) is 1. The zero-order valence-corrected chi connectivity index (χ0v) is 11.1. The lowest BCUT2D eigenvalue weighted by Crippen LogP contribution is -2.10. The monoisotopic (exact) mass is 280 g/mol. The summed E-state index contributed by atoms with van der Waals surface area (Å²) in [5.41, 5.74) is 1.85. The largest absolute Gasteiger partial charge is 0.385 e. The van der Waals surface area contributed by atoms with Crippen LogP contribution in [0, 0.1) is 18.8 Å². The van der Waals surface area contributed by atoms with Crippen molar-refractivity contribution in [2.24, 2.45) is 11.8 Å². The zero-order valence-electron chi connectivity index (χ0n) is 9.54. The molecule has 1 N–H and O–H groups in total. The Kier molecular flexibility index (Phi) is 2.41. The quantitative estimate of drug-likeness (QED) is 0.831. The summed E-state index contributed by atoms with van der Waals surface area (Å²) in [4.78, 5) is 0. The molecule has 0 amide bonds. The average Bonchev–Trinajstić information content (AvgIpc) is 2.91. The van der Waals surface area contributed by atoms with Crippen LogP contribution in [0.5, 0.6) is 0 Å². The Labute approximate surface area is 105 Å². The van der Waals surface area contributed by atoms with E-state index in [2.05, 4.69) is 41.1 Å². The summed E-state index contributed by atoms with van der Waals surface area (Å²) in [7, 11) is 0. The van der Waals surface area contributed by atoms with Gasteiger partial charge in [0.2, 0.25) is 0 Å². The van der Waals surface area contributed by atoms with Gasteiger partial charge in [-0.25, -0.2) is 0 Å². The van der Waals surface area contributed by atoms with E-state index >= 15 is 0 Å². The molecule has 0 saturated heterocycles. The van der Waals surface area contributed by atoms with E-state index in [9.17, 15) is 5.11 Å². The van der Waals surface area contributed by atoms with Crippen molar-refractivity contribution >= 4 is 15.9 Å². The first-order valence-electron chi connectivity index (χ1n) is 6.13. The molecule has 2 saturated carbocycles. The lowest BCUT2D eigenvalue weighted by atomic mass is 10.0. The summed E-state index contributed by atoms with van der Waals surface area (Å²) < 4.78 is 1.13. The molecule has 2 aliphatic rings. The molecule has 0 heterocycles. The zero-order chi connectivity index (χ0) is 11.3. The molecule has 86 valence electrons. The van der Waals surface area contributed by atoms with Gasteiger partial charge in [0.1, 0.15) is 0 Å². The van der Waals surface area contributed by atoms with Gasteiger partial charge in [0.05, 0.1) is 5.60 Å². The molecule has 1 nitrogen and oxygen atoms in total. The van der Waals surface area contributed by atoms with Crippen molar-refractivity contribution in [3.05, 3.63) is 33.8 Å². The molecule has 2 fully saturated rings. The van der Waals surface area contributed by atoms with Gasteiger partial charge in [-0.05, 0) is 48.8 Å². The van der Waals surface area contributed by atoms with E-state index in [0.29, 0.717) is 11.8 Å². The smallest absolute Gasteiger partial charge is 0.0960 e. The Morgan fingerprint density at radius 3 is 2.44 bits per heavy atom. The second-order valence-corrected chi connectivity index (χ2v) is 6.14. The fourth-order valence-electron chi connectivity index (χ4n) is 3.41. The van der Waals surface area contributed by atoms with Gasteiger partial charge in [-0.15, -0.1) is 0 Å². The average molecular weight is 281 g/mol. The normalized spacial score (nSPS) is 36.9. The molecule has 0 spiro atoms. The third-order valence-corrected chi connectivity index (χ3v) is 5.30. The Morgan fingerprint density at radius 1 is 1.25 bits per heavy atom. The highest BCUT2D eigenvalue weighted by Gasteiger charge is 2.64. The van der Waals surface area contributed by atoms with Crippen molar-refractivity contribution < 1.29 is 5.11 Å². The Balaban J connectivity index is 1.95. The van der Waals surface area contributed by atoms with Crippen LogP contribution in [0.2, 0.25) is 0 Å². The van der Waals surface area contributed by atoms with Gasteiger partial charge >= 0.3 is 0 Å². The molecule has 0 aliphatic heterocycles. The van der Waals surface area contributed by atoms with Crippen LogP contribution in [0.25, 0.3) is 0 Å². The van der Waals surface area contributed by atoms with Gasteiger partial charge in [-0.1, -0.05) is 40.9 Å². The van der Waals surface area contributed by atoms with E-state index in [1.807, 2.05) is 0 Å². The summed E-state index contributed by atoms with van der Waals surface area (Å²) in [5.74, 6) is 1.06. The maximum absolute atomic E-state index is 10.8. The van der Waals surface area contributed by atoms with Crippen LogP contribution >= 0.6 is 15.9 Å². The fourth-order valence-corrected chi connectivity index (χ4v) is 3.66. The Bertz CT molecular complexity index is 415. The molecule has 0 aromatic heterocycles. The Morgan fingerprint density at radius 2 is 1.88 bits per heavy atom. The van der Waals surface area contributed by atoms with Crippen LogP contribution in [0.3, 0.4) is 0 Å². The van der Waals surface area contributed by atoms with E-state index in [1.165, 1.54) is 31.2 Å². The minimum atomic E-state index is -0.498. The highest BCUT2D eigenvalue weighted by molar-refractivity contribution is 9.10. The highest BCUT2D eigenvalue weighted by Crippen LogP contribution is 2.64. The Hall–Kier alpha value is -0.340. The number of aliphatic hydroxyl groups is 1. The van der Waals surface area contributed by atoms with E-state index in [-0.39, 0.29) is 0 Å². The molecule has 3 rings (SSSR count). The predicted octanol–water partition coefficient (Wildman–Crippen LogP) is 3.77. The van der Waals surface area contributed by atoms with Crippen molar-refractivity contribution in [3.63, 3.8) is 0 Å². The number of hydrogen-bond acceptors (Lipinski definition) is 1. The van der Waals surface area contributed by atoms with Gasteiger partial charge in [0.25, 0.3) is 0 Å². The minimum absolute atomic E-state index is 0.498. The van der Waals surface area contributed by atoms with Gasteiger partial charge < -0.3 is 5.11 Å². The summed E-state index contributed by atoms with van der Waals surface area (Å²) in [6, 6.07) is 6.28. The number of aryl methyl sites for hydroxylation is 1. The molecule has 2 heteroatoms. The van der Waals surface area contributed by atoms with Crippen LogP contribution in [0.4, 0.5) is 0 Å². The first kappa shape index (κ1) is 10.8. The second-order valence-electron chi connectivity index (χ2n) is 5.29. The molecule has 1 aromatic rings. The molecular weight excluding hydrogens is 264 g/mol. The van der Waals surface area contributed by atoms with Crippen molar-refractivity contribution in [1.29, 1.82) is 0 Å². The van der Waals surface area contributed by atoms with E-state index in [1.54, 1.807) is 0 Å². The second kappa shape index (κ2) is 3.58. The standard InChI is InChI=1S/C14H17BrO/c1-9-8-10(6-7-13(9)15)14(16)11-4-2-3-5-12(11)14/h6-8,11-12,16H,2-5H2,1H3. The predicted molar refractivity (Wildman–Crippen MR) is 68.2 cm³/mol. The third kappa shape index (κ3) is 1.39. The third-order valence-electron chi connectivity index (χ3n) is 4.41. The van der Waals surface area contributed by atoms with Crippen LogP contribution in [-0.4, -0.2) is 5.11 Å². The molecule has 2 atom stereocenters. The fraction of sp³-hybridized carbons (Fsp3) is 0.571. The van der Waals surface area contributed by atoms with Gasteiger partial charge in [-0.2, -0.15) is 0 Å². The molecule has 2 aliphatic carbocycles. The van der Waals surface area contributed by atoms with Crippen molar-refractivity contribution in [2.75, 3.05) is 0 Å². The molecular formula is C14H17BrO. The van der Waals surface area contributed by atoms with Gasteiger partial charge in [-0.3, -0.25) is 0 Å². The van der Waals surface area contributed by atoms with Crippen LogP contribution in [0.15, 0.2) is 22.7 Å². The lowest BCUT2D eigenvalue weighted by molar-refractivity contribution is 0.118. The first-order valence-corrected chi connectivity index (χ1v) is 6.92. The topological polar surface area (TPSA) is 20.2 Å². The molecule has 2 unspecified atom stereocenters. The summed E-state index contributed by atoms with van der Waals surface area (Å²) >= 11 is 3.51. The summed E-state index contributed by atoms with van der Waals surface area (Å²) in [6.45, 7) is 2.09. The molecule has 1 aromatic carbocycles. The van der Waals surface area contributed by atoms with Crippen molar-refractivity contribution in [2.45, 2.75) is 38.2 Å². The SMILES string of the molecule is Cc1cc(C2(O)C3CCCCC32)ccc1Br. The number of halogens is 1. The van der Waals surface area contributed by atoms with Crippen molar-refractivity contribution in [1.82, 2.24) is 0 Å². The van der Waals surface area contributed by atoms with E-state index < -0.39 is 5.60 Å². The van der Waals surface area contributed by atoms with Crippen LogP contribution in [-0.2, 0) is 5.60 Å². The van der Waals surface area contributed by atoms with E-state index in [4.69, 9.17) is 0 Å². The summed E-state index contributed by atoms with van der Waals surface area (Å²) in [5, 5.41) is 10.8. The van der Waals surface area contributed by atoms with Gasteiger partial charge in [0, 0.05) is 4.47 Å². The number of benzene rings is 1. The van der Waals surface area contributed by atoms with Crippen molar-refractivity contribution in [3.8, 4) is 0 Å². The molecule has 16 heavy (non-hydrogen) atoms. The number of fused-ring (bicyclic) bond motifs is 1. The van der Waals surface area contributed by atoms with Crippen LogP contribution in [0.1, 0.15) is 36.8 Å². The van der Waals surface area contributed by atoms with Gasteiger partial charge in [0.15, 0.2) is 0 Å². The first-order chi connectivity index (χ1) is 7.64. The van der Waals surface area contributed by atoms with Crippen LogP contribution < -0.4 is 0 Å². The molecule has 0 bridgehead atoms. The molecule has 0 radical (unpaired) electrons. The summed E-state index contributed by atoms with van der Waals surface area (Å²) in [6.07, 6.45) is 4.99.